The van der Waals surface area contributed by atoms with E-state index in [2.05, 4.69) is 15.1 Å². The van der Waals surface area contributed by atoms with E-state index in [9.17, 15) is 9.59 Å². The van der Waals surface area contributed by atoms with E-state index in [1.54, 1.807) is 13.8 Å². The van der Waals surface area contributed by atoms with Gasteiger partial charge in [0.1, 0.15) is 12.4 Å². The molecule has 0 unspecified atom stereocenters. The van der Waals surface area contributed by atoms with Crippen LogP contribution < -0.4 is 11.3 Å². The first-order valence-corrected chi connectivity index (χ1v) is 6.84. The minimum atomic E-state index is -1.06. The van der Waals surface area contributed by atoms with Crippen LogP contribution >= 0.6 is 11.8 Å². The number of aromatic nitrogens is 4. The van der Waals surface area contributed by atoms with E-state index < -0.39 is 16.8 Å². The van der Waals surface area contributed by atoms with Crippen molar-refractivity contribution in [1.82, 2.24) is 19.6 Å². The summed E-state index contributed by atoms with van der Waals surface area (Å²) < 4.78 is 0.548. The Bertz CT molecular complexity index is 693. The van der Waals surface area contributed by atoms with Gasteiger partial charge in [0.2, 0.25) is 0 Å². The van der Waals surface area contributed by atoms with Crippen molar-refractivity contribution in [2.24, 2.45) is 5.73 Å². The molecule has 0 amide bonds. The number of fused-ring (bicyclic) bond motifs is 1. The molecule has 0 bridgehead atoms. The number of hydrogen-bond donors (Lipinski definition) is 3. The third kappa shape index (κ3) is 2.83. The number of carboxylic acid groups (broad SMARTS) is 1. The van der Waals surface area contributed by atoms with Gasteiger partial charge in [-0.05, 0) is 13.8 Å². The van der Waals surface area contributed by atoms with Crippen molar-refractivity contribution < 1.29 is 9.90 Å². The van der Waals surface area contributed by atoms with E-state index in [-0.39, 0.29) is 11.3 Å². The molecule has 9 heteroatoms. The summed E-state index contributed by atoms with van der Waals surface area (Å²) in [6.45, 7) is 3.49. The molecule has 0 saturated carbocycles. The lowest BCUT2D eigenvalue weighted by atomic mass is 10.1. The van der Waals surface area contributed by atoms with Crippen LogP contribution in [0.2, 0.25) is 0 Å². The molecule has 4 N–H and O–H groups in total. The minimum absolute atomic E-state index is 0.261. The van der Waals surface area contributed by atoms with Crippen LogP contribution in [0.5, 0.6) is 0 Å². The molecule has 2 heterocycles. The Morgan fingerprint density at radius 1 is 1.65 bits per heavy atom. The van der Waals surface area contributed by atoms with E-state index in [0.717, 1.165) is 0 Å². The predicted octanol–water partition coefficient (Wildman–Crippen LogP) is -0.159. The summed E-state index contributed by atoms with van der Waals surface area (Å²) in [6, 6.07) is 0.392. The maximum Gasteiger partial charge on any atom is 0.321 e. The van der Waals surface area contributed by atoms with Crippen LogP contribution in [0.15, 0.2) is 17.2 Å². The first-order valence-electron chi connectivity index (χ1n) is 5.85. The van der Waals surface area contributed by atoms with Crippen molar-refractivity contribution in [1.29, 1.82) is 0 Å². The van der Waals surface area contributed by atoms with Crippen LogP contribution in [0.25, 0.3) is 5.78 Å². The van der Waals surface area contributed by atoms with Crippen LogP contribution in [-0.4, -0.2) is 41.4 Å². The van der Waals surface area contributed by atoms with Gasteiger partial charge in [0, 0.05) is 16.6 Å². The molecule has 2 aromatic rings. The highest BCUT2D eigenvalue weighted by atomic mass is 32.2. The number of hydrogen-bond acceptors (Lipinski definition) is 6. The second-order valence-corrected chi connectivity index (χ2v) is 6.45. The first kappa shape index (κ1) is 14.5. The molecule has 0 aliphatic carbocycles. The van der Waals surface area contributed by atoms with Crippen molar-refractivity contribution in [2.45, 2.75) is 30.4 Å². The molecule has 0 aliphatic heterocycles. The second kappa shape index (κ2) is 5.25. The Balaban J connectivity index is 2.17. The standard InChI is InChI=1S/C11H15N5O3S/c1-11(2,8(12)9(18)19)20-4-6-3-7(17)16-10(15-6)13-5-14-16/h3,5,8H,4,12H2,1-2H3,(H,18,19)(H,13,14,15)/t8-/m1/s1. The number of nitrogens with two attached hydrogens (primary N) is 1. The monoisotopic (exact) mass is 297 g/mol. The largest absolute Gasteiger partial charge is 0.480 e. The van der Waals surface area contributed by atoms with Crippen molar-refractivity contribution >= 4 is 23.5 Å². The average Bonchev–Trinajstić information content (AvgIpc) is 2.84. The van der Waals surface area contributed by atoms with Gasteiger partial charge in [-0.15, -0.1) is 11.8 Å². The van der Waals surface area contributed by atoms with Crippen LogP contribution in [-0.2, 0) is 10.5 Å². The van der Waals surface area contributed by atoms with E-state index >= 15 is 0 Å². The summed E-state index contributed by atoms with van der Waals surface area (Å²) in [5, 5.41) is 11.6. The van der Waals surface area contributed by atoms with Gasteiger partial charge in [-0.2, -0.15) is 4.52 Å². The Morgan fingerprint density at radius 2 is 2.35 bits per heavy atom. The summed E-state index contributed by atoms with van der Waals surface area (Å²) in [4.78, 5) is 30.8. The quantitative estimate of drug-likeness (QED) is 0.700. The van der Waals surface area contributed by atoms with Gasteiger partial charge >= 0.3 is 5.97 Å². The molecule has 0 spiro atoms. The molecular weight excluding hydrogens is 282 g/mol. The van der Waals surface area contributed by atoms with Gasteiger partial charge in [-0.25, -0.2) is 9.97 Å². The number of aromatic amines is 1. The van der Waals surface area contributed by atoms with Gasteiger partial charge in [-0.3, -0.25) is 14.7 Å². The summed E-state index contributed by atoms with van der Waals surface area (Å²) in [7, 11) is 0. The molecule has 0 saturated heterocycles. The number of aliphatic carboxylic acids is 1. The first-order chi connectivity index (χ1) is 9.31. The number of carboxylic acids is 1. The van der Waals surface area contributed by atoms with Gasteiger partial charge in [0.15, 0.2) is 0 Å². The molecule has 1 atom stereocenters. The molecule has 2 aromatic heterocycles. The average molecular weight is 297 g/mol. The summed E-state index contributed by atoms with van der Waals surface area (Å²) in [6.07, 6.45) is 1.38. The fraction of sp³-hybridized carbons (Fsp3) is 0.455. The molecule has 0 aliphatic rings. The Hall–Kier alpha value is -1.87. The number of nitrogens with zero attached hydrogens (tertiary/aromatic N) is 3. The number of rotatable bonds is 5. The molecule has 108 valence electrons. The summed E-state index contributed by atoms with van der Waals surface area (Å²) in [5.41, 5.74) is 5.92. The molecular formula is C11H15N5O3S. The fourth-order valence-corrected chi connectivity index (χ4v) is 2.54. The maximum atomic E-state index is 11.8. The molecule has 0 aromatic carbocycles. The lowest BCUT2D eigenvalue weighted by Crippen LogP contribution is -2.46. The van der Waals surface area contributed by atoms with E-state index in [0.29, 0.717) is 11.4 Å². The lowest BCUT2D eigenvalue weighted by molar-refractivity contribution is -0.139. The predicted molar refractivity (Wildman–Crippen MR) is 74.6 cm³/mol. The fourth-order valence-electron chi connectivity index (χ4n) is 1.59. The Morgan fingerprint density at radius 3 is 3.00 bits per heavy atom. The maximum absolute atomic E-state index is 11.8. The highest BCUT2D eigenvalue weighted by Gasteiger charge is 2.32. The van der Waals surface area contributed by atoms with E-state index in [1.165, 1.54) is 28.7 Å². The smallest absolute Gasteiger partial charge is 0.321 e. The van der Waals surface area contributed by atoms with Gasteiger partial charge in [0.25, 0.3) is 11.3 Å². The highest BCUT2D eigenvalue weighted by Crippen LogP contribution is 2.29. The zero-order valence-corrected chi connectivity index (χ0v) is 11.8. The summed E-state index contributed by atoms with van der Waals surface area (Å²) in [5.74, 6) is -0.390. The van der Waals surface area contributed by atoms with Crippen LogP contribution in [0, 0.1) is 0 Å². The number of thioether (sulfide) groups is 1. The molecule has 8 nitrogen and oxygen atoms in total. The molecule has 0 radical (unpaired) electrons. The Labute approximate surface area is 118 Å². The van der Waals surface area contributed by atoms with Gasteiger partial charge in [0.05, 0.1) is 5.69 Å². The van der Waals surface area contributed by atoms with Crippen molar-refractivity contribution in [3.8, 4) is 0 Å². The SMILES string of the molecule is CC(C)(SCc1cc(=O)n2[nH]cnc2n1)[C@H](N)C(=O)O. The molecule has 20 heavy (non-hydrogen) atoms. The summed E-state index contributed by atoms with van der Waals surface area (Å²) >= 11 is 1.33. The van der Waals surface area contributed by atoms with Crippen LogP contribution in [0.3, 0.4) is 0 Å². The second-order valence-electron chi connectivity index (χ2n) is 4.82. The van der Waals surface area contributed by atoms with Gasteiger partial charge < -0.3 is 10.8 Å². The van der Waals surface area contributed by atoms with Gasteiger partial charge in [-0.1, -0.05) is 0 Å². The van der Waals surface area contributed by atoms with Crippen molar-refractivity contribution in [3.63, 3.8) is 0 Å². The zero-order valence-electron chi connectivity index (χ0n) is 11.0. The number of H-pyrrole nitrogens is 1. The van der Waals surface area contributed by atoms with Crippen molar-refractivity contribution in [3.05, 3.63) is 28.4 Å². The Kier molecular flexibility index (Phi) is 3.82. The lowest BCUT2D eigenvalue weighted by Gasteiger charge is -2.27. The molecule has 2 rings (SSSR count). The third-order valence-corrected chi connectivity index (χ3v) is 4.37. The number of carbonyl (C=O) groups is 1. The van der Waals surface area contributed by atoms with E-state index in [4.69, 9.17) is 10.8 Å². The minimum Gasteiger partial charge on any atom is -0.480 e. The van der Waals surface area contributed by atoms with Crippen molar-refractivity contribution in [2.75, 3.05) is 0 Å². The highest BCUT2D eigenvalue weighted by molar-refractivity contribution is 7.99. The normalized spacial score (nSPS) is 13.6. The van der Waals surface area contributed by atoms with Crippen LogP contribution in [0.1, 0.15) is 19.5 Å². The number of nitrogens with one attached hydrogen (secondary N) is 1. The third-order valence-electron chi connectivity index (χ3n) is 2.93. The zero-order chi connectivity index (χ0) is 14.9. The topological polar surface area (TPSA) is 126 Å². The molecule has 0 fully saturated rings. The van der Waals surface area contributed by atoms with E-state index in [1.807, 2.05) is 0 Å². The van der Waals surface area contributed by atoms with Crippen LogP contribution in [0.4, 0.5) is 0 Å².